The van der Waals surface area contributed by atoms with Crippen LogP contribution in [0.25, 0.3) is 0 Å². The Morgan fingerprint density at radius 3 is 2.43 bits per heavy atom. The number of benzene rings is 1. The van der Waals surface area contributed by atoms with Crippen molar-refractivity contribution in [3.8, 4) is 0 Å². The fourth-order valence-corrected chi connectivity index (χ4v) is 5.75. The average molecular weight is 407 g/mol. The number of morpholine rings is 1. The van der Waals surface area contributed by atoms with Crippen LogP contribution < -0.4 is 5.32 Å². The third-order valence-corrected chi connectivity index (χ3v) is 7.58. The van der Waals surface area contributed by atoms with Crippen molar-refractivity contribution in [1.82, 2.24) is 10.2 Å². The maximum absolute atomic E-state index is 13.0. The number of nitrogens with one attached hydrogen (secondary N) is 2. The Labute approximate surface area is 164 Å². The minimum Gasteiger partial charge on any atom is -0.378 e. The lowest BCUT2D eigenvalue weighted by molar-refractivity contribution is -0.144. The third kappa shape index (κ3) is 4.25. The Balaban J connectivity index is 1.84. The molecule has 0 aromatic heterocycles. The second-order valence-corrected chi connectivity index (χ2v) is 9.28. The van der Waals surface area contributed by atoms with Crippen LogP contribution in [0.2, 0.25) is 0 Å². The van der Waals surface area contributed by atoms with Gasteiger partial charge in [0.15, 0.2) is 9.84 Å². The first-order chi connectivity index (χ1) is 13.4. The van der Waals surface area contributed by atoms with Gasteiger partial charge in [0.05, 0.1) is 41.7 Å². The molecule has 1 aliphatic heterocycles. The number of rotatable bonds is 6. The van der Waals surface area contributed by atoms with Gasteiger partial charge in [-0.05, 0) is 25.0 Å². The summed E-state index contributed by atoms with van der Waals surface area (Å²) in [5, 5.41) is 8.90. The number of hydrogen-bond acceptors (Lipinski definition) is 6. The summed E-state index contributed by atoms with van der Waals surface area (Å²) in [6.45, 7) is 1.83. The van der Waals surface area contributed by atoms with Crippen molar-refractivity contribution in [2.45, 2.75) is 23.0 Å². The zero-order valence-corrected chi connectivity index (χ0v) is 16.4. The number of amides is 2. The lowest BCUT2D eigenvalue weighted by atomic mass is 9.93. The normalized spacial score (nSPS) is 25.3. The third-order valence-electron chi connectivity index (χ3n) is 5.39. The van der Waals surface area contributed by atoms with E-state index in [1.54, 1.807) is 23.1 Å². The summed E-state index contributed by atoms with van der Waals surface area (Å²) in [5.41, 5.74) is 0. The number of sulfone groups is 1. The first-order valence-corrected chi connectivity index (χ1v) is 10.9. The minimum absolute atomic E-state index is 0.0594. The van der Waals surface area contributed by atoms with Gasteiger partial charge in [0.2, 0.25) is 11.8 Å². The van der Waals surface area contributed by atoms with Gasteiger partial charge in [-0.1, -0.05) is 18.2 Å². The molecule has 2 N–H and O–H groups in total. The summed E-state index contributed by atoms with van der Waals surface area (Å²) < 4.78 is 31.4. The standard InChI is InChI=1S/C19H25N3O5S/c20-6-7-21-18(23)16-12-15(28(25,26)14-4-2-1-3-5-14)13-17(16)19(24)22-8-10-27-11-9-22/h1-6,15-17,20H,7-13H2,(H,21,23)/t15-,16-,17-/m1/s1. The molecular weight excluding hydrogens is 382 g/mol. The van der Waals surface area contributed by atoms with Gasteiger partial charge in [0.25, 0.3) is 0 Å². The van der Waals surface area contributed by atoms with E-state index in [0.29, 0.717) is 26.3 Å². The van der Waals surface area contributed by atoms with E-state index < -0.39 is 26.9 Å². The van der Waals surface area contributed by atoms with Gasteiger partial charge in [0, 0.05) is 19.3 Å². The molecule has 1 aliphatic carbocycles. The van der Waals surface area contributed by atoms with Crippen LogP contribution in [0.3, 0.4) is 0 Å². The Hall–Kier alpha value is -2.26. The zero-order chi connectivity index (χ0) is 20.1. The van der Waals surface area contributed by atoms with Crippen LogP contribution in [0.4, 0.5) is 0 Å². The molecule has 3 atom stereocenters. The van der Waals surface area contributed by atoms with E-state index in [9.17, 15) is 18.0 Å². The maximum atomic E-state index is 13.0. The summed E-state index contributed by atoms with van der Waals surface area (Å²) in [4.78, 5) is 27.5. The van der Waals surface area contributed by atoms with E-state index in [1.165, 1.54) is 12.1 Å². The predicted octanol–water partition coefficient (Wildman–Crippen LogP) is 0.480. The van der Waals surface area contributed by atoms with Gasteiger partial charge < -0.3 is 20.4 Å². The van der Waals surface area contributed by atoms with Crippen molar-refractivity contribution in [1.29, 1.82) is 5.41 Å². The highest BCUT2D eigenvalue weighted by Gasteiger charge is 2.48. The smallest absolute Gasteiger partial charge is 0.226 e. The van der Waals surface area contributed by atoms with Gasteiger partial charge in [-0.15, -0.1) is 0 Å². The highest BCUT2D eigenvalue weighted by Crippen LogP contribution is 2.39. The Bertz CT molecular complexity index is 821. The Kier molecular flexibility index (Phi) is 6.46. The number of hydrogen-bond donors (Lipinski definition) is 2. The molecule has 0 unspecified atom stereocenters. The molecule has 9 heteroatoms. The fraction of sp³-hybridized carbons (Fsp3) is 0.526. The van der Waals surface area contributed by atoms with Gasteiger partial charge in [-0.3, -0.25) is 9.59 Å². The summed E-state index contributed by atoms with van der Waals surface area (Å²) in [7, 11) is -3.64. The van der Waals surface area contributed by atoms with Crippen LogP contribution in [-0.2, 0) is 24.2 Å². The molecule has 0 bridgehead atoms. The first kappa shape index (κ1) is 20.5. The highest BCUT2D eigenvalue weighted by atomic mass is 32.2. The van der Waals surface area contributed by atoms with Crippen molar-refractivity contribution in [3.05, 3.63) is 30.3 Å². The molecule has 1 heterocycles. The van der Waals surface area contributed by atoms with Crippen LogP contribution in [0.1, 0.15) is 12.8 Å². The number of ether oxygens (including phenoxy) is 1. The maximum Gasteiger partial charge on any atom is 0.226 e. The monoisotopic (exact) mass is 407 g/mol. The summed E-state index contributed by atoms with van der Waals surface area (Å²) in [6.07, 6.45) is 1.28. The summed E-state index contributed by atoms with van der Waals surface area (Å²) in [6, 6.07) is 8.14. The van der Waals surface area contributed by atoms with Crippen molar-refractivity contribution >= 4 is 27.9 Å². The van der Waals surface area contributed by atoms with Gasteiger partial charge in [0.1, 0.15) is 0 Å². The van der Waals surface area contributed by atoms with E-state index in [0.717, 1.165) is 6.21 Å². The minimum atomic E-state index is -3.64. The lowest BCUT2D eigenvalue weighted by Crippen LogP contribution is -2.46. The number of nitrogens with zero attached hydrogens (tertiary/aromatic N) is 1. The van der Waals surface area contributed by atoms with Crippen molar-refractivity contribution in [2.24, 2.45) is 11.8 Å². The van der Waals surface area contributed by atoms with E-state index >= 15 is 0 Å². The van der Waals surface area contributed by atoms with Crippen molar-refractivity contribution in [2.75, 3.05) is 32.8 Å². The molecule has 152 valence electrons. The quantitative estimate of drug-likeness (QED) is 0.665. The molecule has 3 rings (SSSR count). The molecule has 1 aromatic rings. The Morgan fingerprint density at radius 2 is 1.79 bits per heavy atom. The van der Waals surface area contributed by atoms with E-state index in [-0.39, 0.29) is 36.1 Å². The van der Waals surface area contributed by atoms with Crippen LogP contribution in [0.5, 0.6) is 0 Å². The fourth-order valence-electron chi connectivity index (χ4n) is 3.91. The molecule has 0 spiro atoms. The molecule has 2 aliphatic rings. The highest BCUT2D eigenvalue weighted by molar-refractivity contribution is 7.92. The first-order valence-electron chi connectivity index (χ1n) is 9.37. The van der Waals surface area contributed by atoms with E-state index in [4.69, 9.17) is 10.1 Å². The van der Waals surface area contributed by atoms with Gasteiger partial charge >= 0.3 is 0 Å². The van der Waals surface area contributed by atoms with Crippen LogP contribution >= 0.6 is 0 Å². The second kappa shape index (κ2) is 8.83. The van der Waals surface area contributed by atoms with Gasteiger partial charge in [-0.2, -0.15) is 0 Å². The zero-order valence-electron chi connectivity index (χ0n) is 15.5. The second-order valence-electron chi connectivity index (χ2n) is 7.05. The molecule has 2 fully saturated rings. The summed E-state index contributed by atoms with van der Waals surface area (Å²) >= 11 is 0. The average Bonchev–Trinajstić information content (AvgIpc) is 3.19. The molecular formula is C19H25N3O5S. The lowest BCUT2D eigenvalue weighted by Gasteiger charge is -2.30. The Morgan fingerprint density at radius 1 is 1.14 bits per heavy atom. The molecule has 28 heavy (non-hydrogen) atoms. The number of carbonyl (C=O) groups excluding carboxylic acids is 2. The molecule has 1 saturated heterocycles. The predicted molar refractivity (Wildman–Crippen MR) is 103 cm³/mol. The molecule has 2 amide bonds. The van der Waals surface area contributed by atoms with Gasteiger partial charge in [-0.25, -0.2) is 8.42 Å². The van der Waals surface area contributed by atoms with Crippen LogP contribution in [-0.4, -0.2) is 69.4 Å². The molecule has 0 radical (unpaired) electrons. The van der Waals surface area contributed by atoms with E-state index in [2.05, 4.69) is 5.32 Å². The SMILES string of the molecule is N=CCNC(=O)[C@@H]1C[C@@H](S(=O)(=O)c2ccccc2)C[C@H]1C(=O)N1CCOCC1. The molecule has 1 saturated carbocycles. The molecule has 8 nitrogen and oxygen atoms in total. The largest absolute Gasteiger partial charge is 0.378 e. The van der Waals surface area contributed by atoms with E-state index in [1.807, 2.05) is 0 Å². The molecule has 1 aromatic carbocycles. The van der Waals surface area contributed by atoms with Crippen molar-refractivity contribution in [3.63, 3.8) is 0 Å². The summed E-state index contributed by atoms with van der Waals surface area (Å²) in [5.74, 6) is -1.98. The van der Waals surface area contributed by atoms with Crippen LogP contribution in [0.15, 0.2) is 35.2 Å². The van der Waals surface area contributed by atoms with Crippen LogP contribution in [0, 0.1) is 17.2 Å². The number of carbonyl (C=O) groups is 2. The van der Waals surface area contributed by atoms with Crippen molar-refractivity contribution < 1.29 is 22.7 Å². The topological polar surface area (TPSA) is 117 Å².